The van der Waals surface area contributed by atoms with Gasteiger partial charge in [-0.3, -0.25) is 24.1 Å². The summed E-state index contributed by atoms with van der Waals surface area (Å²) in [4.78, 5) is 49.5. The van der Waals surface area contributed by atoms with E-state index in [1.165, 1.54) is 20.3 Å². The van der Waals surface area contributed by atoms with Gasteiger partial charge in [0, 0.05) is 11.3 Å². The first-order valence-electron chi connectivity index (χ1n) is 9.81. The summed E-state index contributed by atoms with van der Waals surface area (Å²) in [6.45, 7) is 1.17. The number of carbonyl (C=O) groups excluding carboxylic acids is 4. The van der Waals surface area contributed by atoms with Gasteiger partial charge in [0.15, 0.2) is 18.1 Å². The van der Waals surface area contributed by atoms with Gasteiger partial charge in [0.2, 0.25) is 0 Å². The Hall–Kier alpha value is -3.79. The number of nitrogens with one attached hydrogen (secondary N) is 1. The van der Waals surface area contributed by atoms with E-state index in [1.54, 1.807) is 30.3 Å². The molecule has 0 bridgehead atoms. The fourth-order valence-electron chi connectivity index (χ4n) is 2.90. The fourth-order valence-corrected chi connectivity index (χ4v) is 3.73. The fraction of sp³-hybridized carbons (Fsp3) is 0.217. The summed E-state index contributed by atoms with van der Waals surface area (Å²) in [5.41, 5.74) is 2.13. The van der Waals surface area contributed by atoms with Gasteiger partial charge >= 0.3 is 5.97 Å². The topological polar surface area (TPSA) is 111 Å². The number of para-hydroxylation sites is 1. The summed E-state index contributed by atoms with van der Waals surface area (Å²) in [5.74, 6) is -1.13. The minimum absolute atomic E-state index is 0.103. The molecule has 1 aliphatic heterocycles. The van der Waals surface area contributed by atoms with Crippen molar-refractivity contribution in [2.24, 2.45) is 0 Å². The summed E-state index contributed by atoms with van der Waals surface area (Å²) < 4.78 is 15.6. The van der Waals surface area contributed by atoms with Crippen LogP contribution in [0.5, 0.6) is 11.5 Å². The molecule has 2 aromatic rings. The number of benzene rings is 2. The first-order valence-corrected chi connectivity index (χ1v) is 10.6. The van der Waals surface area contributed by atoms with Crippen LogP contribution in [-0.4, -0.2) is 55.3 Å². The summed E-state index contributed by atoms with van der Waals surface area (Å²) in [5, 5.41) is 2.15. The van der Waals surface area contributed by atoms with Crippen molar-refractivity contribution in [3.8, 4) is 11.5 Å². The van der Waals surface area contributed by atoms with Crippen molar-refractivity contribution in [3.05, 3.63) is 58.5 Å². The highest BCUT2D eigenvalue weighted by atomic mass is 32.2. The Balaban J connectivity index is 1.78. The third kappa shape index (κ3) is 5.92. The van der Waals surface area contributed by atoms with Crippen molar-refractivity contribution in [1.82, 2.24) is 4.90 Å². The van der Waals surface area contributed by atoms with Crippen molar-refractivity contribution in [1.29, 1.82) is 0 Å². The number of amides is 3. The zero-order chi connectivity index (χ0) is 24.0. The van der Waals surface area contributed by atoms with Gasteiger partial charge < -0.3 is 19.5 Å². The molecule has 0 aromatic heterocycles. The maximum Gasteiger partial charge on any atom is 0.325 e. The predicted molar refractivity (Wildman–Crippen MR) is 123 cm³/mol. The van der Waals surface area contributed by atoms with Crippen molar-refractivity contribution in [2.75, 3.05) is 32.7 Å². The number of rotatable bonds is 8. The molecule has 172 valence electrons. The second kappa shape index (κ2) is 10.7. The molecule has 10 heteroatoms. The van der Waals surface area contributed by atoms with Crippen LogP contribution in [0, 0.1) is 6.92 Å². The van der Waals surface area contributed by atoms with E-state index >= 15 is 0 Å². The SMILES string of the molecule is COC(=O)CN1C(=O)S/C(=C/c2cccc(OC)c2OCC(=O)Nc2ccc(C)cc2)C1=O. The van der Waals surface area contributed by atoms with Gasteiger partial charge in [0.1, 0.15) is 6.54 Å². The molecule has 33 heavy (non-hydrogen) atoms. The molecule has 1 N–H and O–H groups in total. The van der Waals surface area contributed by atoms with Crippen LogP contribution < -0.4 is 14.8 Å². The number of methoxy groups -OCH3 is 2. The van der Waals surface area contributed by atoms with Gasteiger partial charge in [-0.1, -0.05) is 29.8 Å². The highest BCUT2D eigenvalue weighted by Crippen LogP contribution is 2.37. The van der Waals surface area contributed by atoms with Crippen LogP contribution >= 0.6 is 11.8 Å². The average molecular weight is 471 g/mol. The Morgan fingerprint density at radius 1 is 1.09 bits per heavy atom. The van der Waals surface area contributed by atoms with Gasteiger partial charge in [0.05, 0.1) is 19.1 Å². The molecular weight excluding hydrogens is 448 g/mol. The molecule has 9 nitrogen and oxygen atoms in total. The van der Waals surface area contributed by atoms with Crippen molar-refractivity contribution < 1.29 is 33.4 Å². The van der Waals surface area contributed by atoms with E-state index in [9.17, 15) is 19.2 Å². The summed E-state index contributed by atoms with van der Waals surface area (Å²) >= 11 is 0.694. The lowest BCUT2D eigenvalue weighted by atomic mass is 10.1. The molecule has 0 radical (unpaired) electrons. The molecule has 0 spiro atoms. The average Bonchev–Trinajstić information content (AvgIpc) is 3.06. The van der Waals surface area contributed by atoms with Gasteiger partial charge in [0.25, 0.3) is 17.1 Å². The van der Waals surface area contributed by atoms with Crippen LogP contribution in [0.25, 0.3) is 6.08 Å². The monoisotopic (exact) mass is 470 g/mol. The standard InChI is InChI=1S/C23H22N2O7S/c1-14-7-9-16(10-8-14)24-19(26)13-32-21-15(5-4-6-17(21)30-2)11-18-22(28)25(23(29)33-18)12-20(27)31-3/h4-11H,12-13H2,1-3H3,(H,24,26)/b18-11+. The quantitative estimate of drug-likeness (QED) is 0.462. The molecule has 0 unspecified atom stereocenters. The highest BCUT2D eigenvalue weighted by Gasteiger charge is 2.36. The lowest BCUT2D eigenvalue weighted by Crippen LogP contribution is -2.34. The Labute approximate surface area is 194 Å². The van der Waals surface area contributed by atoms with Crippen LogP contribution in [0.15, 0.2) is 47.4 Å². The van der Waals surface area contributed by atoms with E-state index in [0.717, 1.165) is 10.5 Å². The first-order chi connectivity index (χ1) is 15.8. The number of anilines is 1. The van der Waals surface area contributed by atoms with Crippen LogP contribution in [0.4, 0.5) is 10.5 Å². The number of carbonyl (C=O) groups is 4. The van der Waals surface area contributed by atoms with Crippen LogP contribution in [0.1, 0.15) is 11.1 Å². The van der Waals surface area contributed by atoms with E-state index in [1.807, 2.05) is 19.1 Å². The molecule has 3 amide bonds. The number of nitrogens with zero attached hydrogens (tertiary/aromatic N) is 1. The summed E-state index contributed by atoms with van der Waals surface area (Å²) in [7, 11) is 2.62. The number of hydrogen-bond acceptors (Lipinski definition) is 8. The number of esters is 1. The Morgan fingerprint density at radius 2 is 1.82 bits per heavy atom. The molecule has 2 aromatic carbocycles. The molecule has 0 aliphatic carbocycles. The third-order valence-corrected chi connectivity index (χ3v) is 5.49. The van der Waals surface area contributed by atoms with Gasteiger partial charge in [-0.05, 0) is 43.0 Å². The van der Waals surface area contributed by atoms with Crippen LogP contribution in [-0.2, 0) is 19.1 Å². The molecule has 1 saturated heterocycles. The number of imide groups is 1. The normalized spacial score (nSPS) is 14.4. The molecular formula is C23H22N2O7S. The minimum Gasteiger partial charge on any atom is -0.493 e. The number of hydrogen-bond donors (Lipinski definition) is 1. The van der Waals surface area contributed by atoms with Gasteiger partial charge in [-0.2, -0.15) is 0 Å². The number of thioether (sulfide) groups is 1. The Kier molecular flexibility index (Phi) is 7.73. The largest absolute Gasteiger partial charge is 0.493 e. The highest BCUT2D eigenvalue weighted by molar-refractivity contribution is 8.18. The van der Waals surface area contributed by atoms with Crippen LogP contribution in [0.3, 0.4) is 0 Å². The predicted octanol–water partition coefficient (Wildman–Crippen LogP) is 3.23. The molecule has 1 aliphatic rings. The molecule has 0 atom stereocenters. The van der Waals surface area contributed by atoms with E-state index in [4.69, 9.17) is 9.47 Å². The Morgan fingerprint density at radius 3 is 2.48 bits per heavy atom. The molecule has 0 saturated carbocycles. The van der Waals surface area contributed by atoms with Gasteiger partial charge in [-0.25, -0.2) is 0 Å². The van der Waals surface area contributed by atoms with E-state index in [0.29, 0.717) is 28.8 Å². The maximum atomic E-state index is 12.6. The lowest BCUT2D eigenvalue weighted by molar-refractivity contribution is -0.143. The lowest BCUT2D eigenvalue weighted by Gasteiger charge is -2.14. The maximum absolute atomic E-state index is 12.6. The summed E-state index contributed by atoms with van der Waals surface area (Å²) in [6, 6.07) is 12.3. The van der Waals surface area contributed by atoms with E-state index in [2.05, 4.69) is 10.1 Å². The zero-order valence-electron chi connectivity index (χ0n) is 18.2. The Bertz CT molecular complexity index is 1110. The van der Waals surface area contributed by atoms with Crippen molar-refractivity contribution in [2.45, 2.75) is 6.92 Å². The van der Waals surface area contributed by atoms with E-state index in [-0.39, 0.29) is 23.2 Å². The second-order valence-corrected chi connectivity index (χ2v) is 7.92. The molecule has 1 heterocycles. The third-order valence-electron chi connectivity index (χ3n) is 4.59. The second-order valence-electron chi connectivity index (χ2n) is 6.93. The minimum atomic E-state index is -0.705. The number of ether oxygens (including phenoxy) is 3. The smallest absolute Gasteiger partial charge is 0.325 e. The van der Waals surface area contributed by atoms with E-state index < -0.39 is 23.7 Å². The number of aryl methyl sites for hydroxylation is 1. The molecule has 3 rings (SSSR count). The summed E-state index contributed by atoms with van der Waals surface area (Å²) in [6.07, 6.45) is 1.46. The van der Waals surface area contributed by atoms with Crippen LogP contribution in [0.2, 0.25) is 0 Å². The zero-order valence-corrected chi connectivity index (χ0v) is 19.1. The van der Waals surface area contributed by atoms with Gasteiger partial charge in [-0.15, -0.1) is 0 Å². The first kappa shape index (κ1) is 23.9. The van der Waals surface area contributed by atoms with Crippen molar-refractivity contribution >= 4 is 46.5 Å². The van der Waals surface area contributed by atoms with Crippen molar-refractivity contribution in [3.63, 3.8) is 0 Å². The molecule has 1 fully saturated rings.